The fourth-order valence-corrected chi connectivity index (χ4v) is 5.35. The fraction of sp³-hybridized carbons (Fsp3) is 0.938. The number of rotatable bonds is 6. The Hall–Kier alpha value is -0.610. The summed E-state index contributed by atoms with van der Waals surface area (Å²) in [6, 6.07) is 0. The third kappa shape index (κ3) is 2.48. The van der Waals surface area contributed by atoms with Gasteiger partial charge < -0.3 is 14.7 Å². The Bertz CT molecular complexity index is 333. The van der Waals surface area contributed by atoms with Gasteiger partial charge >= 0.3 is 0 Å². The first kappa shape index (κ1) is 14.3. The molecule has 114 valence electrons. The van der Waals surface area contributed by atoms with Crippen molar-refractivity contribution in [2.24, 2.45) is 23.2 Å². The van der Waals surface area contributed by atoms with E-state index in [2.05, 4.69) is 0 Å². The maximum Gasteiger partial charge on any atom is 0.228 e. The van der Waals surface area contributed by atoms with Crippen LogP contribution >= 0.6 is 0 Å². The number of amides is 1. The van der Waals surface area contributed by atoms with Gasteiger partial charge in [-0.15, -0.1) is 0 Å². The standard InChI is InChI=1S/C16H27NO3/c1-20-5-3-17(2-4-18)15(19)16-9-12-6-13(10-16)8-14(7-12)11-16/h12-14,18H,2-11H2,1H3. The topological polar surface area (TPSA) is 49.8 Å². The van der Waals surface area contributed by atoms with Crippen LogP contribution in [-0.2, 0) is 9.53 Å². The second kappa shape index (κ2) is 5.64. The molecule has 20 heavy (non-hydrogen) atoms. The minimum atomic E-state index is -0.0995. The summed E-state index contributed by atoms with van der Waals surface area (Å²) in [7, 11) is 1.66. The Morgan fingerprint density at radius 2 is 1.70 bits per heavy atom. The predicted octanol–water partition coefficient (Wildman–Crippen LogP) is 1.67. The van der Waals surface area contributed by atoms with Crippen LogP contribution in [0.2, 0.25) is 0 Å². The van der Waals surface area contributed by atoms with Crippen LogP contribution < -0.4 is 0 Å². The average molecular weight is 281 g/mol. The molecule has 0 atom stereocenters. The number of nitrogens with zero attached hydrogens (tertiary/aromatic N) is 1. The van der Waals surface area contributed by atoms with E-state index in [0.29, 0.717) is 25.6 Å². The monoisotopic (exact) mass is 281 g/mol. The Kier molecular flexibility index (Phi) is 4.04. The van der Waals surface area contributed by atoms with E-state index in [9.17, 15) is 9.90 Å². The van der Waals surface area contributed by atoms with Gasteiger partial charge in [-0.25, -0.2) is 0 Å². The first-order valence-electron chi connectivity index (χ1n) is 8.06. The molecule has 4 rings (SSSR count). The van der Waals surface area contributed by atoms with Crippen molar-refractivity contribution in [3.8, 4) is 0 Å². The molecule has 4 fully saturated rings. The lowest BCUT2D eigenvalue weighted by Crippen LogP contribution is -2.55. The minimum absolute atomic E-state index is 0.0435. The molecular formula is C16H27NO3. The summed E-state index contributed by atoms with van der Waals surface area (Å²) < 4.78 is 5.11. The van der Waals surface area contributed by atoms with Gasteiger partial charge in [0.25, 0.3) is 0 Å². The molecule has 0 aromatic carbocycles. The summed E-state index contributed by atoms with van der Waals surface area (Å²) in [6.07, 6.45) is 7.33. The van der Waals surface area contributed by atoms with E-state index in [4.69, 9.17) is 4.74 Å². The second-order valence-electron chi connectivity index (χ2n) is 7.21. The number of aliphatic hydroxyl groups is 1. The third-order valence-electron chi connectivity index (χ3n) is 5.71. The lowest BCUT2D eigenvalue weighted by molar-refractivity contribution is -0.158. The van der Waals surface area contributed by atoms with E-state index in [1.54, 1.807) is 7.11 Å². The normalized spacial score (nSPS) is 38.2. The van der Waals surface area contributed by atoms with Crippen molar-refractivity contribution in [3.63, 3.8) is 0 Å². The highest BCUT2D eigenvalue weighted by molar-refractivity contribution is 5.83. The predicted molar refractivity (Wildman–Crippen MR) is 76.1 cm³/mol. The van der Waals surface area contributed by atoms with Gasteiger partial charge in [0.05, 0.1) is 18.6 Å². The SMILES string of the molecule is COCCN(CCO)C(=O)C12CC3CC(CC(C3)C1)C2. The van der Waals surface area contributed by atoms with E-state index >= 15 is 0 Å². The number of aliphatic hydroxyl groups excluding tert-OH is 1. The molecule has 1 N–H and O–H groups in total. The van der Waals surface area contributed by atoms with Crippen LogP contribution in [0.4, 0.5) is 0 Å². The van der Waals surface area contributed by atoms with E-state index in [1.807, 2.05) is 4.90 Å². The molecular weight excluding hydrogens is 254 g/mol. The zero-order chi connectivity index (χ0) is 14.2. The van der Waals surface area contributed by atoms with Crippen LogP contribution in [-0.4, -0.2) is 49.3 Å². The largest absolute Gasteiger partial charge is 0.395 e. The van der Waals surface area contributed by atoms with Gasteiger partial charge in [0, 0.05) is 20.2 Å². The first-order chi connectivity index (χ1) is 9.66. The molecule has 0 aromatic heterocycles. The Morgan fingerprint density at radius 1 is 1.15 bits per heavy atom. The molecule has 1 amide bonds. The summed E-state index contributed by atoms with van der Waals surface area (Å²) in [5.74, 6) is 2.64. The highest BCUT2D eigenvalue weighted by Crippen LogP contribution is 2.60. The number of hydrogen-bond donors (Lipinski definition) is 1. The number of methoxy groups -OCH3 is 1. The molecule has 0 saturated heterocycles. The molecule has 4 saturated carbocycles. The summed E-state index contributed by atoms with van der Waals surface area (Å²) in [4.78, 5) is 14.9. The molecule has 0 radical (unpaired) electrons. The van der Waals surface area contributed by atoms with E-state index in [0.717, 1.165) is 37.0 Å². The van der Waals surface area contributed by atoms with Gasteiger partial charge in [0.2, 0.25) is 5.91 Å². The van der Waals surface area contributed by atoms with E-state index in [-0.39, 0.29) is 12.0 Å². The molecule has 0 spiro atoms. The summed E-state index contributed by atoms with van der Waals surface area (Å²) >= 11 is 0. The van der Waals surface area contributed by atoms with Crippen molar-refractivity contribution in [2.75, 3.05) is 33.4 Å². The summed E-state index contributed by atoms with van der Waals surface area (Å²) in [6.45, 7) is 1.65. The number of ether oxygens (including phenoxy) is 1. The maximum atomic E-state index is 13.1. The molecule has 0 heterocycles. The third-order valence-corrected chi connectivity index (χ3v) is 5.71. The van der Waals surface area contributed by atoms with Gasteiger partial charge in [0.1, 0.15) is 0 Å². The van der Waals surface area contributed by atoms with Gasteiger partial charge in [-0.05, 0) is 56.3 Å². The van der Waals surface area contributed by atoms with Crippen molar-refractivity contribution in [1.82, 2.24) is 4.90 Å². The van der Waals surface area contributed by atoms with Gasteiger partial charge in [-0.2, -0.15) is 0 Å². The van der Waals surface area contributed by atoms with Gasteiger partial charge in [-0.1, -0.05) is 0 Å². The average Bonchev–Trinajstić information content (AvgIpc) is 2.41. The van der Waals surface area contributed by atoms with Crippen LogP contribution in [0.15, 0.2) is 0 Å². The summed E-state index contributed by atoms with van der Waals surface area (Å²) in [5.41, 5.74) is -0.0995. The van der Waals surface area contributed by atoms with Crippen LogP contribution in [0.25, 0.3) is 0 Å². The van der Waals surface area contributed by atoms with Gasteiger partial charge in [0.15, 0.2) is 0 Å². The van der Waals surface area contributed by atoms with Crippen LogP contribution in [0.3, 0.4) is 0 Å². The zero-order valence-electron chi connectivity index (χ0n) is 12.5. The highest BCUT2D eigenvalue weighted by Gasteiger charge is 2.55. The quantitative estimate of drug-likeness (QED) is 0.805. The number of hydrogen-bond acceptors (Lipinski definition) is 3. The van der Waals surface area contributed by atoms with E-state index < -0.39 is 0 Å². The molecule has 0 unspecified atom stereocenters. The van der Waals surface area contributed by atoms with Crippen molar-refractivity contribution in [1.29, 1.82) is 0 Å². The number of carbonyl (C=O) groups is 1. The molecule has 4 bridgehead atoms. The van der Waals surface area contributed by atoms with Gasteiger partial charge in [-0.3, -0.25) is 4.79 Å². The lowest BCUT2D eigenvalue weighted by atomic mass is 9.49. The second-order valence-corrected chi connectivity index (χ2v) is 7.21. The zero-order valence-corrected chi connectivity index (χ0v) is 12.5. The maximum absolute atomic E-state index is 13.1. The lowest BCUT2D eigenvalue weighted by Gasteiger charge is -2.56. The Balaban J connectivity index is 1.74. The summed E-state index contributed by atoms with van der Waals surface area (Å²) in [5, 5.41) is 9.23. The molecule has 4 aliphatic rings. The smallest absolute Gasteiger partial charge is 0.228 e. The minimum Gasteiger partial charge on any atom is -0.395 e. The van der Waals surface area contributed by atoms with Crippen LogP contribution in [0.5, 0.6) is 0 Å². The molecule has 0 aromatic rings. The number of carbonyl (C=O) groups excluding carboxylic acids is 1. The fourth-order valence-electron chi connectivity index (χ4n) is 5.35. The van der Waals surface area contributed by atoms with Crippen molar-refractivity contribution >= 4 is 5.91 Å². The van der Waals surface area contributed by atoms with Crippen molar-refractivity contribution in [3.05, 3.63) is 0 Å². The Morgan fingerprint density at radius 3 is 2.15 bits per heavy atom. The highest BCUT2D eigenvalue weighted by atomic mass is 16.5. The Labute approximate surface area is 121 Å². The van der Waals surface area contributed by atoms with Crippen LogP contribution in [0, 0.1) is 23.2 Å². The molecule has 4 nitrogen and oxygen atoms in total. The van der Waals surface area contributed by atoms with Crippen molar-refractivity contribution < 1.29 is 14.6 Å². The first-order valence-corrected chi connectivity index (χ1v) is 8.06. The molecule has 0 aliphatic heterocycles. The molecule has 4 aliphatic carbocycles. The molecule has 4 heteroatoms. The van der Waals surface area contributed by atoms with Crippen LogP contribution in [0.1, 0.15) is 38.5 Å². The van der Waals surface area contributed by atoms with Crippen molar-refractivity contribution in [2.45, 2.75) is 38.5 Å². The van der Waals surface area contributed by atoms with E-state index in [1.165, 1.54) is 19.3 Å².